The molecule has 0 fully saturated rings. The predicted molar refractivity (Wildman–Crippen MR) is 68.3 cm³/mol. The largest absolute Gasteiger partial charge is 0.480 e. The Kier molecular flexibility index (Phi) is 4.52. The Bertz CT molecular complexity index is 483. The van der Waals surface area contributed by atoms with Crippen molar-refractivity contribution in [3.63, 3.8) is 0 Å². The Hall–Kier alpha value is -0.390. The van der Waals surface area contributed by atoms with Crippen molar-refractivity contribution in [1.29, 1.82) is 0 Å². The van der Waals surface area contributed by atoms with Gasteiger partial charge in [-0.3, -0.25) is 0 Å². The van der Waals surface area contributed by atoms with E-state index in [9.17, 15) is 8.42 Å². The van der Waals surface area contributed by atoms with Crippen LogP contribution in [0.5, 0.6) is 5.75 Å². The molecule has 6 heteroatoms. The summed E-state index contributed by atoms with van der Waals surface area (Å²) in [6, 6.07) is 3.19. The molecule has 0 spiro atoms. The molecular weight excluding hydrogens is 268 g/mol. The normalized spacial score (nSPS) is 11.5. The summed E-state index contributed by atoms with van der Waals surface area (Å²) in [5.41, 5.74) is 0.796. The maximum Gasteiger partial charge on any atom is 0.179 e. The fraction of sp³-hybridized carbons (Fsp3) is 0.400. The standard InChI is InChI=1S/C10H13ClO3S2/c1-7-4-5-8(16(3,12)13)10(9(7)11)14-6-15-2/h4-5H,6H2,1-3H3. The minimum absolute atomic E-state index is 0.136. The van der Waals surface area contributed by atoms with Gasteiger partial charge in [-0.1, -0.05) is 17.7 Å². The summed E-state index contributed by atoms with van der Waals surface area (Å²) in [4.78, 5) is 0.136. The minimum atomic E-state index is -3.32. The lowest BCUT2D eigenvalue weighted by atomic mass is 10.2. The van der Waals surface area contributed by atoms with Crippen LogP contribution in [0.15, 0.2) is 17.0 Å². The second-order valence-electron chi connectivity index (χ2n) is 3.35. The molecule has 0 heterocycles. The van der Waals surface area contributed by atoms with Crippen molar-refractivity contribution in [3.8, 4) is 5.75 Å². The highest BCUT2D eigenvalue weighted by Crippen LogP contribution is 2.35. The van der Waals surface area contributed by atoms with Crippen LogP contribution in [-0.4, -0.2) is 26.9 Å². The van der Waals surface area contributed by atoms with Gasteiger partial charge in [0.1, 0.15) is 10.8 Å². The maximum absolute atomic E-state index is 11.5. The van der Waals surface area contributed by atoms with Crippen LogP contribution < -0.4 is 4.74 Å². The average molecular weight is 281 g/mol. The van der Waals surface area contributed by atoms with Gasteiger partial charge in [0.15, 0.2) is 15.6 Å². The summed E-state index contributed by atoms with van der Waals surface area (Å²) < 4.78 is 28.4. The molecule has 0 aliphatic rings. The molecule has 0 unspecified atom stereocenters. The third-order valence-corrected chi connectivity index (χ3v) is 3.92. The number of hydrogen-bond acceptors (Lipinski definition) is 4. The SMILES string of the molecule is CSCOc1c(S(C)(=O)=O)ccc(C)c1Cl. The molecule has 0 aliphatic carbocycles. The van der Waals surface area contributed by atoms with Crippen molar-refractivity contribution >= 4 is 33.2 Å². The van der Waals surface area contributed by atoms with E-state index in [0.29, 0.717) is 11.0 Å². The van der Waals surface area contributed by atoms with Crippen molar-refractivity contribution < 1.29 is 13.2 Å². The summed E-state index contributed by atoms with van der Waals surface area (Å²) in [5.74, 6) is 0.615. The van der Waals surface area contributed by atoms with Gasteiger partial charge in [0, 0.05) is 6.26 Å². The second kappa shape index (κ2) is 5.29. The van der Waals surface area contributed by atoms with Gasteiger partial charge >= 0.3 is 0 Å². The number of ether oxygens (including phenoxy) is 1. The first-order chi connectivity index (χ1) is 7.38. The monoisotopic (exact) mass is 280 g/mol. The van der Waals surface area contributed by atoms with Gasteiger partial charge in [-0.15, -0.1) is 11.8 Å². The molecule has 1 aromatic rings. The van der Waals surface area contributed by atoms with Crippen LogP contribution in [0, 0.1) is 6.92 Å². The van der Waals surface area contributed by atoms with E-state index in [1.165, 1.54) is 17.8 Å². The van der Waals surface area contributed by atoms with Crippen LogP contribution in [0.3, 0.4) is 0 Å². The molecule has 0 saturated heterocycles. The Balaban J connectivity index is 3.33. The molecule has 16 heavy (non-hydrogen) atoms. The topological polar surface area (TPSA) is 43.4 Å². The quantitative estimate of drug-likeness (QED) is 0.796. The smallest absolute Gasteiger partial charge is 0.179 e. The van der Waals surface area contributed by atoms with Gasteiger partial charge in [0.25, 0.3) is 0 Å². The second-order valence-corrected chi connectivity index (χ2v) is 6.52. The van der Waals surface area contributed by atoms with Gasteiger partial charge in [-0.25, -0.2) is 8.42 Å². The number of thioether (sulfide) groups is 1. The molecule has 3 nitrogen and oxygen atoms in total. The Labute approximate surface area is 105 Å². The van der Waals surface area contributed by atoms with Crippen LogP contribution in [0.1, 0.15) is 5.56 Å². The lowest BCUT2D eigenvalue weighted by Gasteiger charge is -2.12. The summed E-state index contributed by atoms with van der Waals surface area (Å²) in [5, 5.41) is 0.358. The van der Waals surface area contributed by atoms with Crippen LogP contribution in [0.2, 0.25) is 5.02 Å². The molecule has 0 saturated carbocycles. The zero-order valence-electron chi connectivity index (χ0n) is 9.28. The van der Waals surface area contributed by atoms with Crippen LogP contribution in [0.25, 0.3) is 0 Å². The first-order valence-corrected chi connectivity index (χ1v) is 8.15. The summed E-state index contributed by atoms with van der Waals surface area (Å²) in [6.45, 7) is 1.81. The highest BCUT2D eigenvalue weighted by molar-refractivity contribution is 7.98. The first kappa shape index (κ1) is 13.7. The molecule has 0 aromatic heterocycles. The molecule has 1 aromatic carbocycles. The lowest BCUT2D eigenvalue weighted by Crippen LogP contribution is -2.04. The van der Waals surface area contributed by atoms with Crippen LogP contribution >= 0.6 is 23.4 Å². The van der Waals surface area contributed by atoms with Crippen molar-refractivity contribution in [2.24, 2.45) is 0 Å². The number of benzene rings is 1. The van der Waals surface area contributed by atoms with Crippen molar-refractivity contribution in [1.82, 2.24) is 0 Å². The molecule has 0 N–H and O–H groups in total. The van der Waals surface area contributed by atoms with Gasteiger partial charge in [0.2, 0.25) is 0 Å². The minimum Gasteiger partial charge on any atom is -0.480 e. The van der Waals surface area contributed by atoms with Gasteiger partial charge in [-0.05, 0) is 24.8 Å². The third-order valence-electron chi connectivity index (χ3n) is 1.97. The molecule has 0 radical (unpaired) electrons. The highest BCUT2D eigenvalue weighted by Gasteiger charge is 2.18. The molecule has 0 bridgehead atoms. The van der Waals surface area contributed by atoms with Crippen LogP contribution in [-0.2, 0) is 9.84 Å². The molecule has 90 valence electrons. The fourth-order valence-corrected chi connectivity index (χ4v) is 2.51. The van der Waals surface area contributed by atoms with E-state index in [-0.39, 0.29) is 10.6 Å². The number of aryl methyl sites for hydroxylation is 1. The van der Waals surface area contributed by atoms with E-state index in [0.717, 1.165) is 11.8 Å². The van der Waals surface area contributed by atoms with Gasteiger partial charge < -0.3 is 4.74 Å². The van der Waals surface area contributed by atoms with Crippen molar-refractivity contribution in [3.05, 3.63) is 22.7 Å². The summed E-state index contributed by atoms with van der Waals surface area (Å²) >= 11 is 7.50. The number of sulfone groups is 1. The number of halogens is 1. The molecule has 1 rings (SSSR count). The number of hydrogen-bond donors (Lipinski definition) is 0. The first-order valence-electron chi connectivity index (χ1n) is 4.49. The van der Waals surface area contributed by atoms with E-state index in [2.05, 4.69) is 0 Å². The summed E-state index contributed by atoms with van der Waals surface area (Å²) in [6.07, 6.45) is 3.00. The fourth-order valence-electron chi connectivity index (χ4n) is 1.18. The molecule has 0 amide bonds. The van der Waals surface area contributed by atoms with Crippen molar-refractivity contribution in [2.45, 2.75) is 11.8 Å². The number of rotatable bonds is 4. The van der Waals surface area contributed by atoms with Gasteiger partial charge in [0.05, 0.1) is 5.02 Å². The third kappa shape index (κ3) is 3.06. The predicted octanol–water partition coefficient (Wildman–Crippen LogP) is 2.75. The van der Waals surface area contributed by atoms with E-state index in [4.69, 9.17) is 16.3 Å². The Morgan fingerprint density at radius 1 is 1.44 bits per heavy atom. The zero-order valence-corrected chi connectivity index (χ0v) is 11.7. The zero-order chi connectivity index (χ0) is 12.3. The average Bonchev–Trinajstić information content (AvgIpc) is 2.18. The van der Waals surface area contributed by atoms with Crippen LogP contribution in [0.4, 0.5) is 0 Å². The van der Waals surface area contributed by atoms with Gasteiger partial charge in [-0.2, -0.15) is 0 Å². The van der Waals surface area contributed by atoms with E-state index >= 15 is 0 Å². The molecular formula is C10H13ClO3S2. The summed E-state index contributed by atoms with van der Waals surface area (Å²) in [7, 11) is -3.32. The van der Waals surface area contributed by atoms with E-state index < -0.39 is 9.84 Å². The lowest BCUT2D eigenvalue weighted by molar-refractivity contribution is 0.382. The van der Waals surface area contributed by atoms with Crippen molar-refractivity contribution in [2.75, 3.05) is 18.5 Å². The molecule has 0 aliphatic heterocycles. The highest BCUT2D eigenvalue weighted by atomic mass is 35.5. The molecule has 0 atom stereocenters. The Morgan fingerprint density at radius 2 is 2.06 bits per heavy atom. The van der Waals surface area contributed by atoms with E-state index in [1.807, 2.05) is 6.26 Å². The maximum atomic E-state index is 11.5. The Morgan fingerprint density at radius 3 is 2.56 bits per heavy atom. The van der Waals surface area contributed by atoms with E-state index in [1.54, 1.807) is 13.0 Å².